The largest absolute Gasteiger partial charge is 0.353 e. The second-order valence-electron chi connectivity index (χ2n) is 7.57. The van der Waals surface area contributed by atoms with Crippen LogP contribution >= 0.6 is 0 Å². The highest BCUT2D eigenvalue weighted by Crippen LogP contribution is 2.31. The van der Waals surface area contributed by atoms with Gasteiger partial charge in [-0.2, -0.15) is 5.10 Å². The van der Waals surface area contributed by atoms with Gasteiger partial charge < -0.3 is 10.3 Å². The van der Waals surface area contributed by atoms with Crippen LogP contribution in [0.15, 0.2) is 61.1 Å². The summed E-state index contributed by atoms with van der Waals surface area (Å²) in [5.74, 6) is 0.000133. The van der Waals surface area contributed by atoms with Crippen molar-refractivity contribution in [2.45, 2.75) is 26.2 Å². The summed E-state index contributed by atoms with van der Waals surface area (Å²) in [5.41, 5.74) is 5.98. The molecule has 0 bridgehead atoms. The number of unbranched alkanes of at least 4 members (excludes halogenated alkanes) is 1. The topological polar surface area (TPSA) is 99.4 Å². The smallest absolute Gasteiger partial charge is 0.224 e. The van der Waals surface area contributed by atoms with Crippen molar-refractivity contribution >= 4 is 33.4 Å². The van der Waals surface area contributed by atoms with Gasteiger partial charge in [-0.05, 0) is 30.7 Å². The van der Waals surface area contributed by atoms with E-state index in [1.165, 1.54) is 0 Å². The Morgan fingerprint density at radius 3 is 2.84 bits per heavy atom. The van der Waals surface area contributed by atoms with Crippen LogP contribution in [0.3, 0.4) is 0 Å². The number of carbonyl (C=O) groups is 1. The predicted octanol–water partition coefficient (Wildman–Crippen LogP) is 5.30. The Kier molecular flexibility index (Phi) is 4.92. The fourth-order valence-electron chi connectivity index (χ4n) is 3.69. The molecule has 0 atom stereocenters. The molecule has 0 aliphatic rings. The van der Waals surface area contributed by atoms with Crippen molar-refractivity contribution < 1.29 is 4.79 Å². The Hall–Kier alpha value is -4.00. The first-order chi connectivity index (χ1) is 15.2. The molecule has 0 aliphatic carbocycles. The summed E-state index contributed by atoms with van der Waals surface area (Å²) >= 11 is 0. The Labute approximate surface area is 178 Å². The molecule has 4 aromatic heterocycles. The minimum absolute atomic E-state index is 0.000133. The first kappa shape index (κ1) is 19.0. The van der Waals surface area contributed by atoms with E-state index in [2.05, 4.69) is 49.5 Å². The van der Waals surface area contributed by atoms with Crippen molar-refractivity contribution in [3.63, 3.8) is 0 Å². The number of rotatable bonds is 6. The zero-order valence-corrected chi connectivity index (χ0v) is 17.1. The van der Waals surface area contributed by atoms with E-state index in [4.69, 9.17) is 0 Å². The van der Waals surface area contributed by atoms with E-state index in [1.54, 1.807) is 18.6 Å². The van der Waals surface area contributed by atoms with Gasteiger partial charge in [-0.3, -0.25) is 19.9 Å². The Balaban J connectivity index is 1.49. The quantitative estimate of drug-likeness (QED) is 0.354. The standard InChI is InChI=1S/C24H22N6O/c1-2-3-8-23(31)27-17-9-16(12-25-13-17)20-11-18-22(14-26-20)29-30-24(18)21-10-15-6-4-5-7-19(15)28-21/h4-7,9-14,28H,2-3,8H2,1H3,(H,27,31)(H,29,30). The second-order valence-corrected chi connectivity index (χ2v) is 7.57. The van der Waals surface area contributed by atoms with Crippen LogP contribution in [0.2, 0.25) is 0 Å². The normalized spacial score (nSPS) is 11.3. The van der Waals surface area contributed by atoms with Gasteiger partial charge in [-0.25, -0.2) is 0 Å². The number of aromatic nitrogens is 5. The molecule has 0 radical (unpaired) electrons. The summed E-state index contributed by atoms with van der Waals surface area (Å²) in [6, 6.07) is 14.1. The Morgan fingerprint density at radius 2 is 1.97 bits per heavy atom. The average molecular weight is 410 g/mol. The molecule has 5 rings (SSSR count). The lowest BCUT2D eigenvalue weighted by molar-refractivity contribution is -0.116. The average Bonchev–Trinajstić information content (AvgIpc) is 3.41. The number of aromatic amines is 2. The summed E-state index contributed by atoms with van der Waals surface area (Å²) in [4.78, 5) is 24.3. The number of anilines is 1. The molecular formula is C24H22N6O. The molecule has 3 N–H and O–H groups in total. The third-order valence-electron chi connectivity index (χ3n) is 5.31. The van der Waals surface area contributed by atoms with Crippen molar-refractivity contribution in [3.05, 3.63) is 61.1 Å². The molecule has 31 heavy (non-hydrogen) atoms. The number of H-pyrrole nitrogens is 2. The van der Waals surface area contributed by atoms with Gasteiger partial charge in [0.1, 0.15) is 5.69 Å². The zero-order valence-electron chi connectivity index (χ0n) is 17.1. The van der Waals surface area contributed by atoms with Crippen LogP contribution in [0.4, 0.5) is 5.69 Å². The lowest BCUT2D eigenvalue weighted by Gasteiger charge is -2.07. The molecule has 0 unspecified atom stereocenters. The van der Waals surface area contributed by atoms with Crippen LogP contribution in [0.25, 0.3) is 44.5 Å². The number of fused-ring (bicyclic) bond motifs is 2. The first-order valence-corrected chi connectivity index (χ1v) is 10.4. The molecule has 4 heterocycles. The van der Waals surface area contributed by atoms with E-state index < -0.39 is 0 Å². The third-order valence-corrected chi connectivity index (χ3v) is 5.31. The SMILES string of the molecule is CCCCC(=O)Nc1cncc(-c2cc3c(-c4cc5ccccc5[nH]4)n[nH]c3cn2)c1. The van der Waals surface area contributed by atoms with E-state index in [9.17, 15) is 4.79 Å². The molecule has 5 aromatic rings. The zero-order chi connectivity index (χ0) is 21.2. The van der Waals surface area contributed by atoms with Crippen LogP contribution in [0.1, 0.15) is 26.2 Å². The number of pyridine rings is 2. The molecule has 154 valence electrons. The molecule has 0 fully saturated rings. The van der Waals surface area contributed by atoms with Crippen molar-refractivity contribution in [3.8, 4) is 22.6 Å². The maximum Gasteiger partial charge on any atom is 0.224 e. The van der Waals surface area contributed by atoms with Gasteiger partial charge >= 0.3 is 0 Å². The van der Waals surface area contributed by atoms with E-state index >= 15 is 0 Å². The molecule has 7 nitrogen and oxygen atoms in total. The van der Waals surface area contributed by atoms with Gasteiger partial charge in [-0.15, -0.1) is 0 Å². The van der Waals surface area contributed by atoms with Crippen LogP contribution in [-0.4, -0.2) is 31.1 Å². The van der Waals surface area contributed by atoms with Crippen LogP contribution < -0.4 is 5.32 Å². The lowest BCUT2D eigenvalue weighted by Crippen LogP contribution is -2.11. The van der Waals surface area contributed by atoms with E-state index in [0.717, 1.165) is 57.3 Å². The summed E-state index contributed by atoms with van der Waals surface area (Å²) in [6.07, 6.45) is 7.54. The minimum Gasteiger partial charge on any atom is -0.353 e. The maximum atomic E-state index is 12.1. The molecule has 0 saturated heterocycles. The number of para-hydroxylation sites is 1. The molecule has 1 aromatic carbocycles. The van der Waals surface area contributed by atoms with E-state index in [0.29, 0.717) is 12.1 Å². The second kappa shape index (κ2) is 8.02. The molecule has 0 spiro atoms. The Bertz CT molecular complexity index is 1350. The number of hydrogen-bond donors (Lipinski definition) is 3. The van der Waals surface area contributed by atoms with Crippen molar-refractivity contribution in [1.82, 2.24) is 25.1 Å². The molecule has 7 heteroatoms. The highest BCUT2D eigenvalue weighted by atomic mass is 16.1. The number of hydrogen-bond acceptors (Lipinski definition) is 4. The molecular weight excluding hydrogens is 388 g/mol. The maximum absolute atomic E-state index is 12.1. The van der Waals surface area contributed by atoms with Crippen LogP contribution in [-0.2, 0) is 4.79 Å². The fraction of sp³-hybridized carbons (Fsp3) is 0.167. The fourth-order valence-corrected chi connectivity index (χ4v) is 3.69. The van der Waals surface area contributed by atoms with Crippen LogP contribution in [0.5, 0.6) is 0 Å². The van der Waals surface area contributed by atoms with Crippen molar-refractivity contribution in [1.29, 1.82) is 0 Å². The predicted molar refractivity (Wildman–Crippen MR) is 123 cm³/mol. The summed E-state index contributed by atoms with van der Waals surface area (Å²) in [5, 5.41) is 12.6. The highest BCUT2D eigenvalue weighted by Gasteiger charge is 2.13. The van der Waals surface area contributed by atoms with Gasteiger partial charge in [0, 0.05) is 34.5 Å². The minimum atomic E-state index is 0.000133. The van der Waals surface area contributed by atoms with E-state index in [-0.39, 0.29) is 5.91 Å². The number of benzene rings is 1. The van der Waals surface area contributed by atoms with Crippen molar-refractivity contribution in [2.75, 3.05) is 5.32 Å². The van der Waals surface area contributed by atoms with Gasteiger partial charge in [0.25, 0.3) is 0 Å². The van der Waals surface area contributed by atoms with Gasteiger partial charge in [-0.1, -0.05) is 31.5 Å². The lowest BCUT2D eigenvalue weighted by atomic mass is 10.1. The highest BCUT2D eigenvalue weighted by molar-refractivity contribution is 5.97. The Morgan fingerprint density at radius 1 is 1.06 bits per heavy atom. The monoisotopic (exact) mass is 410 g/mol. The number of amides is 1. The van der Waals surface area contributed by atoms with Gasteiger partial charge in [0.2, 0.25) is 5.91 Å². The van der Waals surface area contributed by atoms with Gasteiger partial charge in [0.05, 0.1) is 35.0 Å². The summed E-state index contributed by atoms with van der Waals surface area (Å²) in [7, 11) is 0. The first-order valence-electron chi connectivity index (χ1n) is 10.4. The number of carbonyl (C=O) groups excluding carboxylic acids is 1. The molecule has 1 amide bonds. The summed E-state index contributed by atoms with van der Waals surface area (Å²) < 4.78 is 0. The number of nitrogens with one attached hydrogen (secondary N) is 3. The molecule has 0 saturated carbocycles. The van der Waals surface area contributed by atoms with Crippen molar-refractivity contribution in [2.24, 2.45) is 0 Å². The summed E-state index contributed by atoms with van der Waals surface area (Å²) in [6.45, 7) is 2.07. The third kappa shape index (κ3) is 3.77. The van der Waals surface area contributed by atoms with Gasteiger partial charge in [0.15, 0.2) is 0 Å². The van der Waals surface area contributed by atoms with E-state index in [1.807, 2.05) is 30.3 Å². The number of nitrogens with zero attached hydrogens (tertiary/aromatic N) is 3. The molecule has 0 aliphatic heterocycles. The van der Waals surface area contributed by atoms with Crippen LogP contribution in [0, 0.1) is 0 Å².